The molecule has 1 amide bonds. The fourth-order valence-electron chi connectivity index (χ4n) is 3.28. The Hall–Kier alpha value is -3.19. The molecule has 0 radical (unpaired) electrons. The Morgan fingerprint density at radius 3 is 2.26 bits per heavy atom. The molecule has 9 nitrogen and oxygen atoms in total. The first-order chi connectivity index (χ1) is 16.5. The summed E-state index contributed by atoms with van der Waals surface area (Å²) >= 11 is 1.20. The summed E-state index contributed by atoms with van der Waals surface area (Å²) in [6.07, 6.45) is 4.40. The minimum atomic E-state index is -3.63. The molecule has 0 atom stereocenters. The van der Waals surface area contributed by atoms with Gasteiger partial charge in [0.05, 0.1) is 26.6 Å². The van der Waals surface area contributed by atoms with Crippen molar-refractivity contribution in [3.05, 3.63) is 78.1 Å². The van der Waals surface area contributed by atoms with E-state index in [0.29, 0.717) is 15.3 Å². The zero-order chi connectivity index (χ0) is 25.4. The van der Waals surface area contributed by atoms with Crippen LogP contribution in [0.15, 0.2) is 76.8 Å². The molecular formula is C23H22N4O5S3. The normalized spacial score (nSPS) is 12.2. The highest BCUT2D eigenvalue weighted by atomic mass is 32.2. The SMILES string of the molecule is CN(C)S(=O)(=O)c1ccc(C(=O)N(Cc2cccnc2)c2nc3ccc(S(C)(=O)=O)cc3s2)cc1. The van der Waals surface area contributed by atoms with Crippen LogP contribution in [0.5, 0.6) is 0 Å². The van der Waals surface area contributed by atoms with Crippen LogP contribution in [-0.2, 0) is 26.4 Å². The van der Waals surface area contributed by atoms with Gasteiger partial charge in [-0.25, -0.2) is 26.1 Å². The molecule has 0 saturated heterocycles. The van der Waals surface area contributed by atoms with Crippen molar-refractivity contribution in [2.24, 2.45) is 0 Å². The van der Waals surface area contributed by atoms with E-state index in [9.17, 15) is 21.6 Å². The van der Waals surface area contributed by atoms with Gasteiger partial charge in [0.15, 0.2) is 15.0 Å². The van der Waals surface area contributed by atoms with Crippen LogP contribution < -0.4 is 4.90 Å². The number of aromatic nitrogens is 2. The van der Waals surface area contributed by atoms with Gasteiger partial charge in [-0.1, -0.05) is 17.4 Å². The van der Waals surface area contributed by atoms with Crippen LogP contribution in [0, 0.1) is 0 Å². The fraction of sp³-hybridized carbons (Fsp3) is 0.174. The Balaban J connectivity index is 1.75. The third-order valence-corrected chi connectivity index (χ3v) is 9.18. The Kier molecular flexibility index (Phi) is 6.73. The maximum atomic E-state index is 13.6. The fourth-order valence-corrected chi connectivity index (χ4v) is 5.90. The molecular weight excluding hydrogens is 508 g/mol. The number of amides is 1. The lowest BCUT2D eigenvalue weighted by Crippen LogP contribution is -2.30. The first-order valence-corrected chi connectivity index (χ1v) is 14.5. The molecule has 12 heteroatoms. The van der Waals surface area contributed by atoms with Gasteiger partial charge >= 0.3 is 0 Å². The molecule has 0 fully saturated rings. The van der Waals surface area contributed by atoms with Gasteiger partial charge in [-0.2, -0.15) is 0 Å². The third kappa shape index (κ3) is 5.25. The Morgan fingerprint density at radius 1 is 0.971 bits per heavy atom. The molecule has 0 N–H and O–H groups in total. The number of thiazole rings is 1. The number of fused-ring (bicyclic) bond motifs is 1. The van der Waals surface area contributed by atoms with Crippen molar-refractivity contribution in [3.63, 3.8) is 0 Å². The standard InChI is InChI=1S/C23H22N4O5S3/c1-26(2)35(31,32)18-8-6-17(7-9-18)22(28)27(15-16-5-4-12-24-14-16)23-25-20-11-10-19(34(3,29)30)13-21(20)33-23/h4-14H,15H2,1-3H3. The second kappa shape index (κ2) is 9.46. The average molecular weight is 531 g/mol. The maximum absolute atomic E-state index is 13.6. The van der Waals surface area contributed by atoms with Crippen molar-refractivity contribution in [2.45, 2.75) is 16.3 Å². The summed E-state index contributed by atoms with van der Waals surface area (Å²) in [5, 5.41) is 0.379. The molecule has 0 saturated carbocycles. The lowest BCUT2D eigenvalue weighted by Gasteiger charge is -2.20. The largest absolute Gasteiger partial charge is 0.279 e. The van der Waals surface area contributed by atoms with E-state index >= 15 is 0 Å². The quantitative estimate of drug-likeness (QED) is 0.360. The summed E-state index contributed by atoms with van der Waals surface area (Å²) in [7, 11) is -4.16. The number of sulfone groups is 1. The Labute approximate surface area is 207 Å². The molecule has 0 unspecified atom stereocenters. The average Bonchev–Trinajstić information content (AvgIpc) is 3.25. The minimum Gasteiger partial charge on any atom is -0.279 e. The van der Waals surface area contributed by atoms with E-state index in [0.717, 1.165) is 16.1 Å². The smallest absolute Gasteiger partial charge is 0.260 e. The van der Waals surface area contributed by atoms with E-state index in [4.69, 9.17) is 0 Å². The summed E-state index contributed by atoms with van der Waals surface area (Å²) in [5.74, 6) is -0.384. The predicted molar refractivity (Wildman–Crippen MR) is 135 cm³/mol. The van der Waals surface area contributed by atoms with Crippen LogP contribution in [-0.4, -0.2) is 57.4 Å². The molecule has 0 aliphatic rings. The van der Waals surface area contributed by atoms with Crippen LogP contribution in [0.25, 0.3) is 10.2 Å². The van der Waals surface area contributed by atoms with E-state index in [1.54, 1.807) is 30.6 Å². The summed E-state index contributed by atoms with van der Waals surface area (Å²) < 4.78 is 50.4. The molecule has 0 spiro atoms. The number of anilines is 1. The first-order valence-electron chi connectivity index (χ1n) is 10.3. The number of hydrogen-bond donors (Lipinski definition) is 0. The van der Waals surface area contributed by atoms with E-state index in [2.05, 4.69) is 9.97 Å². The Bertz CT molecular complexity index is 1600. The van der Waals surface area contributed by atoms with Gasteiger partial charge in [-0.05, 0) is 54.1 Å². The van der Waals surface area contributed by atoms with E-state index in [1.807, 2.05) is 6.07 Å². The number of hydrogen-bond acceptors (Lipinski definition) is 8. The summed E-state index contributed by atoms with van der Waals surface area (Å²) in [6, 6.07) is 13.9. The van der Waals surface area contributed by atoms with Gasteiger partial charge in [0, 0.05) is 38.3 Å². The van der Waals surface area contributed by atoms with Gasteiger partial charge < -0.3 is 0 Å². The molecule has 4 rings (SSSR count). The first kappa shape index (κ1) is 24.9. The van der Waals surface area contributed by atoms with Crippen LogP contribution in [0.1, 0.15) is 15.9 Å². The number of nitrogens with zero attached hydrogens (tertiary/aromatic N) is 4. The van der Waals surface area contributed by atoms with Gasteiger partial charge in [0.2, 0.25) is 10.0 Å². The van der Waals surface area contributed by atoms with Crippen molar-refractivity contribution in [3.8, 4) is 0 Å². The van der Waals surface area contributed by atoms with E-state index in [1.165, 1.54) is 60.7 Å². The highest BCUT2D eigenvalue weighted by Gasteiger charge is 2.24. The zero-order valence-corrected chi connectivity index (χ0v) is 21.6. The number of benzene rings is 2. The molecule has 35 heavy (non-hydrogen) atoms. The lowest BCUT2D eigenvalue weighted by atomic mass is 10.2. The maximum Gasteiger partial charge on any atom is 0.260 e. The van der Waals surface area contributed by atoms with Crippen LogP contribution in [0.2, 0.25) is 0 Å². The third-order valence-electron chi connectivity index (χ3n) is 5.20. The molecule has 4 aromatic rings. The molecule has 2 heterocycles. The molecule has 182 valence electrons. The van der Waals surface area contributed by atoms with Crippen molar-refractivity contribution >= 4 is 52.5 Å². The number of rotatable bonds is 7. The number of sulfonamides is 1. The molecule has 2 aromatic carbocycles. The predicted octanol–water partition coefficient (Wildman–Crippen LogP) is 3.19. The van der Waals surface area contributed by atoms with Gasteiger partial charge in [-0.3, -0.25) is 14.7 Å². The Morgan fingerprint density at radius 2 is 1.66 bits per heavy atom. The summed E-state index contributed by atoms with van der Waals surface area (Å²) in [5.41, 5.74) is 1.61. The highest BCUT2D eigenvalue weighted by molar-refractivity contribution is 7.90. The number of carbonyl (C=O) groups excluding carboxylic acids is 1. The summed E-state index contributed by atoms with van der Waals surface area (Å²) in [6.45, 7) is 0.170. The molecule has 0 aliphatic heterocycles. The molecule has 0 aliphatic carbocycles. The van der Waals surface area contributed by atoms with Crippen molar-refractivity contribution < 1.29 is 21.6 Å². The number of carbonyl (C=O) groups is 1. The van der Waals surface area contributed by atoms with Crippen LogP contribution in [0.3, 0.4) is 0 Å². The van der Waals surface area contributed by atoms with E-state index in [-0.39, 0.29) is 27.8 Å². The van der Waals surface area contributed by atoms with Gasteiger partial charge in [0.25, 0.3) is 5.91 Å². The molecule has 2 aromatic heterocycles. The minimum absolute atomic E-state index is 0.0751. The van der Waals surface area contributed by atoms with Crippen LogP contribution >= 0.6 is 11.3 Å². The highest BCUT2D eigenvalue weighted by Crippen LogP contribution is 2.32. The molecule has 0 bridgehead atoms. The zero-order valence-electron chi connectivity index (χ0n) is 19.1. The van der Waals surface area contributed by atoms with E-state index < -0.39 is 19.9 Å². The number of pyridine rings is 1. The van der Waals surface area contributed by atoms with Crippen molar-refractivity contribution in [1.29, 1.82) is 0 Å². The monoisotopic (exact) mass is 530 g/mol. The van der Waals surface area contributed by atoms with Crippen molar-refractivity contribution in [1.82, 2.24) is 14.3 Å². The van der Waals surface area contributed by atoms with Crippen LogP contribution in [0.4, 0.5) is 5.13 Å². The van der Waals surface area contributed by atoms with Crippen molar-refractivity contribution in [2.75, 3.05) is 25.3 Å². The van der Waals surface area contributed by atoms with Gasteiger partial charge in [0.1, 0.15) is 0 Å². The second-order valence-electron chi connectivity index (χ2n) is 7.96. The van der Waals surface area contributed by atoms with Gasteiger partial charge in [-0.15, -0.1) is 0 Å². The second-order valence-corrected chi connectivity index (χ2v) is 13.1. The summed E-state index contributed by atoms with van der Waals surface area (Å²) in [4.78, 5) is 23.9. The lowest BCUT2D eigenvalue weighted by molar-refractivity contribution is 0.0985. The topological polar surface area (TPSA) is 118 Å².